The van der Waals surface area contributed by atoms with Gasteiger partial charge in [0.15, 0.2) is 0 Å². The number of amides is 2. The normalized spacial score (nSPS) is 19.0. The summed E-state index contributed by atoms with van der Waals surface area (Å²) >= 11 is 0. The highest BCUT2D eigenvalue weighted by atomic mass is 32.2. The van der Waals surface area contributed by atoms with Gasteiger partial charge in [-0.2, -0.15) is 0 Å². The molecule has 2 atom stereocenters. The number of aryl methyl sites for hydroxylation is 1. The molecule has 7 nitrogen and oxygen atoms in total. The summed E-state index contributed by atoms with van der Waals surface area (Å²) in [4.78, 5) is 27.9. The molecular weight excluding hydrogens is 414 g/mol. The molecule has 0 spiro atoms. The lowest BCUT2D eigenvalue weighted by atomic mass is 9.91. The zero-order chi connectivity index (χ0) is 22.8. The van der Waals surface area contributed by atoms with E-state index in [0.29, 0.717) is 53.0 Å². The fourth-order valence-corrected chi connectivity index (χ4v) is 4.66. The molecule has 2 aromatic carbocycles. The van der Waals surface area contributed by atoms with Gasteiger partial charge in [-0.05, 0) is 55.0 Å². The van der Waals surface area contributed by atoms with Crippen LogP contribution in [0.2, 0.25) is 0 Å². The molecule has 3 rings (SSSR count). The average molecular weight is 444 g/mol. The monoisotopic (exact) mass is 443 g/mol. The number of nitrogens with one attached hydrogen (secondary N) is 2. The molecule has 0 aromatic heterocycles. The van der Waals surface area contributed by atoms with Crippen LogP contribution < -0.4 is 10.0 Å². The summed E-state index contributed by atoms with van der Waals surface area (Å²) in [6.45, 7) is 7.43. The number of para-hydroxylation sites is 1. The number of anilines is 2. The summed E-state index contributed by atoms with van der Waals surface area (Å²) in [5.41, 5.74) is 2.21. The van der Waals surface area contributed by atoms with E-state index >= 15 is 0 Å². The van der Waals surface area contributed by atoms with Gasteiger partial charge in [-0.15, -0.1) is 0 Å². The summed E-state index contributed by atoms with van der Waals surface area (Å²) < 4.78 is 25.6. The molecule has 2 N–H and O–H groups in total. The Labute approximate surface area is 183 Å². The maximum absolute atomic E-state index is 13.2. The quantitative estimate of drug-likeness (QED) is 0.736. The largest absolute Gasteiger partial charge is 0.338 e. The predicted octanol–water partition coefficient (Wildman–Crippen LogP) is 3.74. The Kier molecular flexibility index (Phi) is 6.69. The minimum atomic E-state index is -3.47. The van der Waals surface area contributed by atoms with Crippen molar-refractivity contribution in [1.82, 2.24) is 4.90 Å². The van der Waals surface area contributed by atoms with Crippen molar-refractivity contribution in [3.63, 3.8) is 0 Å². The molecule has 8 heteroatoms. The molecule has 1 saturated heterocycles. The highest BCUT2D eigenvalue weighted by Crippen LogP contribution is 2.26. The molecule has 166 valence electrons. The van der Waals surface area contributed by atoms with Gasteiger partial charge in [0.1, 0.15) is 0 Å². The number of carbonyl (C=O) groups is 2. The molecule has 1 fully saturated rings. The second kappa shape index (κ2) is 9.09. The Morgan fingerprint density at radius 1 is 1.00 bits per heavy atom. The van der Waals surface area contributed by atoms with Crippen molar-refractivity contribution in [3.05, 3.63) is 59.2 Å². The van der Waals surface area contributed by atoms with Crippen molar-refractivity contribution in [2.45, 2.75) is 27.2 Å². The lowest BCUT2D eigenvalue weighted by Crippen LogP contribution is -2.42. The first-order chi connectivity index (χ1) is 14.5. The van der Waals surface area contributed by atoms with Crippen molar-refractivity contribution in [3.8, 4) is 0 Å². The summed E-state index contributed by atoms with van der Waals surface area (Å²) in [6, 6.07) is 11.7. The fraction of sp³-hybridized carbons (Fsp3) is 0.391. The number of likely N-dealkylation sites (tertiary alicyclic amines) is 1. The van der Waals surface area contributed by atoms with Crippen molar-refractivity contribution >= 4 is 33.2 Å². The maximum Gasteiger partial charge on any atom is 0.255 e. The van der Waals surface area contributed by atoms with Gasteiger partial charge in [-0.25, -0.2) is 8.42 Å². The smallest absolute Gasteiger partial charge is 0.255 e. The minimum Gasteiger partial charge on any atom is -0.338 e. The SMILES string of the molecule is Cc1ccc(C(=O)Nc2ccccc2C(=O)N2C[C@H](C)C[C@H](C)C2)cc1NS(C)(=O)=O. The summed E-state index contributed by atoms with van der Waals surface area (Å²) in [5, 5.41) is 2.82. The number of nitrogens with zero attached hydrogens (tertiary/aromatic N) is 1. The van der Waals surface area contributed by atoms with Gasteiger partial charge in [0.2, 0.25) is 10.0 Å². The van der Waals surface area contributed by atoms with Gasteiger partial charge in [-0.3, -0.25) is 14.3 Å². The Bertz CT molecular complexity index is 1090. The van der Waals surface area contributed by atoms with E-state index in [1.54, 1.807) is 43.3 Å². The molecule has 0 radical (unpaired) electrons. The Balaban J connectivity index is 1.83. The molecule has 0 saturated carbocycles. The average Bonchev–Trinajstić information content (AvgIpc) is 2.67. The number of hydrogen-bond acceptors (Lipinski definition) is 4. The molecule has 0 aliphatic carbocycles. The molecule has 0 bridgehead atoms. The Hall–Kier alpha value is -2.87. The van der Waals surface area contributed by atoms with E-state index in [-0.39, 0.29) is 5.91 Å². The molecule has 1 heterocycles. The third-order valence-corrected chi connectivity index (χ3v) is 5.95. The molecule has 2 amide bonds. The maximum atomic E-state index is 13.2. The second-order valence-electron chi connectivity index (χ2n) is 8.56. The minimum absolute atomic E-state index is 0.0994. The van der Waals surface area contributed by atoms with Gasteiger partial charge in [0.25, 0.3) is 11.8 Å². The molecule has 1 aliphatic heterocycles. The lowest BCUT2D eigenvalue weighted by Gasteiger charge is -2.35. The fourth-order valence-electron chi connectivity index (χ4n) is 4.05. The summed E-state index contributed by atoms with van der Waals surface area (Å²) in [5.74, 6) is 0.348. The Morgan fingerprint density at radius 2 is 1.65 bits per heavy atom. The van der Waals surface area contributed by atoms with Crippen molar-refractivity contribution in [2.75, 3.05) is 29.4 Å². The third kappa shape index (κ3) is 5.85. The molecule has 31 heavy (non-hydrogen) atoms. The molecular formula is C23H29N3O4S. The van der Waals surface area contributed by atoms with Crippen LogP contribution in [0.3, 0.4) is 0 Å². The van der Waals surface area contributed by atoms with E-state index in [0.717, 1.165) is 12.7 Å². The van der Waals surface area contributed by atoms with Gasteiger partial charge in [0.05, 0.1) is 23.2 Å². The first kappa shape index (κ1) is 22.8. The van der Waals surface area contributed by atoms with Crippen LogP contribution in [0.1, 0.15) is 46.5 Å². The van der Waals surface area contributed by atoms with Gasteiger partial charge < -0.3 is 10.2 Å². The van der Waals surface area contributed by atoms with Crippen molar-refractivity contribution in [2.24, 2.45) is 11.8 Å². The van der Waals surface area contributed by atoms with E-state index in [9.17, 15) is 18.0 Å². The molecule has 0 unspecified atom stereocenters. The first-order valence-electron chi connectivity index (χ1n) is 10.3. The van der Waals surface area contributed by atoms with Crippen LogP contribution in [0.5, 0.6) is 0 Å². The van der Waals surface area contributed by atoms with Crippen molar-refractivity contribution in [1.29, 1.82) is 0 Å². The van der Waals surface area contributed by atoms with Gasteiger partial charge in [-0.1, -0.05) is 32.0 Å². The van der Waals surface area contributed by atoms with Crippen LogP contribution in [-0.2, 0) is 10.0 Å². The van der Waals surface area contributed by atoms with Crippen LogP contribution in [0.25, 0.3) is 0 Å². The standard InChI is InChI=1S/C23H29N3O4S/c1-15-11-16(2)14-26(13-15)23(28)19-7-5-6-8-20(19)24-22(27)18-10-9-17(3)21(12-18)25-31(4,29)30/h5-10,12,15-16,25H,11,13-14H2,1-4H3,(H,24,27)/t15-,16+. The zero-order valence-corrected chi connectivity index (χ0v) is 19.1. The first-order valence-corrected chi connectivity index (χ1v) is 12.2. The lowest BCUT2D eigenvalue weighted by molar-refractivity contribution is 0.0624. The predicted molar refractivity (Wildman–Crippen MR) is 123 cm³/mol. The highest BCUT2D eigenvalue weighted by molar-refractivity contribution is 7.92. The van der Waals surface area contributed by atoms with Crippen LogP contribution in [0.4, 0.5) is 11.4 Å². The highest BCUT2D eigenvalue weighted by Gasteiger charge is 2.27. The van der Waals surface area contributed by atoms with Crippen LogP contribution >= 0.6 is 0 Å². The van der Waals surface area contributed by atoms with Gasteiger partial charge >= 0.3 is 0 Å². The van der Waals surface area contributed by atoms with Crippen LogP contribution in [0.15, 0.2) is 42.5 Å². The topological polar surface area (TPSA) is 95.6 Å². The van der Waals surface area contributed by atoms with E-state index in [1.807, 2.05) is 4.90 Å². The number of benzene rings is 2. The Morgan fingerprint density at radius 3 is 2.29 bits per heavy atom. The second-order valence-corrected chi connectivity index (χ2v) is 10.3. The summed E-state index contributed by atoms with van der Waals surface area (Å²) in [7, 11) is -3.47. The summed E-state index contributed by atoms with van der Waals surface area (Å²) in [6.07, 6.45) is 2.16. The van der Waals surface area contributed by atoms with E-state index in [2.05, 4.69) is 23.9 Å². The van der Waals surface area contributed by atoms with Crippen LogP contribution in [0, 0.1) is 18.8 Å². The molecule has 2 aromatic rings. The van der Waals surface area contributed by atoms with Crippen molar-refractivity contribution < 1.29 is 18.0 Å². The number of carbonyl (C=O) groups excluding carboxylic acids is 2. The van der Waals surface area contributed by atoms with E-state index in [1.165, 1.54) is 6.07 Å². The molecule has 1 aliphatic rings. The number of rotatable bonds is 5. The van der Waals surface area contributed by atoms with Gasteiger partial charge in [0, 0.05) is 18.7 Å². The zero-order valence-electron chi connectivity index (χ0n) is 18.3. The number of piperidine rings is 1. The number of hydrogen-bond donors (Lipinski definition) is 2. The third-order valence-electron chi connectivity index (χ3n) is 5.36. The van der Waals surface area contributed by atoms with E-state index < -0.39 is 15.9 Å². The van der Waals surface area contributed by atoms with E-state index in [4.69, 9.17) is 0 Å². The van der Waals surface area contributed by atoms with Crippen LogP contribution in [-0.4, -0.2) is 44.5 Å². The number of sulfonamides is 1.